The summed E-state index contributed by atoms with van der Waals surface area (Å²) >= 11 is 5.85. The average molecular weight is 326 g/mol. The third kappa shape index (κ3) is 4.85. The smallest absolute Gasteiger partial charge is 0.410 e. The van der Waals surface area contributed by atoms with Crippen molar-refractivity contribution in [3.63, 3.8) is 0 Å². The molecular weight excluding hydrogens is 302 g/mol. The van der Waals surface area contributed by atoms with E-state index in [4.69, 9.17) is 16.3 Å². The molecule has 1 aromatic heterocycles. The van der Waals surface area contributed by atoms with Crippen molar-refractivity contribution in [1.82, 2.24) is 14.8 Å². The normalized spacial score (nSPS) is 20.0. The molecule has 1 amide bonds. The molecule has 2 heterocycles. The summed E-state index contributed by atoms with van der Waals surface area (Å²) < 4.78 is 5.46. The topological polar surface area (TPSA) is 45.7 Å². The van der Waals surface area contributed by atoms with Crippen LogP contribution in [0.1, 0.15) is 33.4 Å². The molecule has 1 atom stereocenters. The van der Waals surface area contributed by atoms with Crippen LogP contribution in [0.2, 0.25) is 5.02 Å². The van der Waals surface area contributed by atoms with E-state index in [1.165, 1.54) is 0 Å². The summed E-state index contributed by atoms with van der Waals surface area (Å²) in [6, 6.07) is 3.91. The first-order valence-electron chi connectivity index (χ1n) is 7.57. The number of aromatic nitrogens is 1. The number of piperazine rings is 1. The van der Waals surface area contributed by atoms with Crippen LogP contribution in [0.4, 0.5) is 4.79 Å². The Bertz CT molecular complexity index is 513. The summed E-state index contributed by atoms with van der Waals surface area (Å²) in [7, 11) is 0. The zero-order valence-electron chi connectivity index (χ0n) is 13.7. The van der Waals surface area contributed by atoms with Gasteiger partial charge in [-0.15, -0.1) is 0 Å². The molecule has 0 aromatic carbocycles. The Morgan fingerprint density at radius 3 is 2.68 bits per heavy atom. The van der Waals surface area contributed by atoms with Gasteiger partial charge in [0.1, 0.15) is 5.60 Å². The highest BCUT2D eigenvalue weighted by Crippen LogP contribution is 2.17. The van der Waals surface area contributed by atoms with Crippen LogP contribution in [-0.2, 0) is 11.3 Å². The minimum atomic E-state index is -0.457. The van der Waals surface area contributed by atoms with E-state index < -0.39 is 5.60 Å². The van der Waals surface area contributed by atoms with E-state index in [-0.39, 0.29) is 12.1 Å². The summed E-state index contributed by atoms with van der Waals surface area (Å²) in [5.41, 5.74) is 0.531. The Morgan fingerprint density at radius 2 is 2.14 bits per heavy atom. The van der Waals surface area contributed by atoms with Crippen LogP contribution >= 0.6 is 11.6 Å². The van der Waals surface area contributed by atoms with Gasteiger partial charge in [0.05, 0.1) is 10.7 Å². The molecule has 0 saturated carbocycles. The second-order valence-electron chi connectivity index (χ2n) is 6.73. The number of carbonyl (C=O) groups excluding carboxylic acids is 1. The van der Waals surface area contributed by atoms with Crippen LogP contribution in [-0.4, -0.2) is 52.2 Å². The van der Waals surface area contributed by atoms with Gasteiger partial charge < -0.3 is 9.64 Å². The van der Waals surface area contributed by atoms with Crippen molar-refractivity contribution in [3.05, 3.63) is 29.0 Å². The maximum absolute atomic E-state index is 12.2. The van der Waals surface area contributed by atoms with Gasteiger partial charge in [0.15, 0.2) is 0 Å². The highest BCUT2D eigenvalue weighted by molar-refractivity contribution is 6.30. The molecule has 1 aliphatic rings. The van der Waals surface area contributed by atoms with Crippen LogP contribution in [0, 0.1) is 0 Å². The van der Waals surface area contributed by atoms with Crippen LogP contribution in [0.25, 0.3) is 0 Å². The number of rotatable bonds is 2. The van der Waals surface area contributed by atoms with E-state index in [0.717, 1.165) is 25.3 Å². The van der Waals surface area contributed by atoms with Crippen LogP contribution in [0.5, 0.6) is 0 Å². The SMILES string of the molecule is CC1CN(Cc2ccc(Cl)cn2)CCN1C(=O)OC(C)(C)C. The van der Waals surface area contributed by atoms with E-state index >= 15 is 0 Å². The fourth-order valence-corrected chi connectivity index (χ4v) is 2.61. The standard InChI is InChI=1S/C16H24ClN3O2/c1-12-10-19(11-14-6-5-13(17)9-18-14)7-8-20(12)15(21)22-16(2,3)4/h5-6,9,12H,7-8,10-11H2,1-4H3. The van der Waals surface area contributed by atoms with Crippen molar-refractivity contribution in [2.75, 3.05) is 19.6 Å². The van der Waals surface area contributed by atoms with Gasteiger partial charge >= 0.3 is 6.09 Å². The maximum atomic E-state index is 12.2. The number of nitrogens with zero attached hydrogens (tertiary/aromatic N) is 3. The lowest BCUT2D eigenvalue weighted by atomic mass is 10.2. The summed E-state index contributed by atoms with van der Waals surface area (Å²) in [5.74, 6) is 0. The minimum Gasteiger partial charge on any atom is -0.444 e. The zero-order valence-corrected chi connectivity index (χ0v) is 14.4. The van der Waals surface area contributed by atoms with Crippen molar-refractivity contribution in [1.29, 1.82) is 0 Å². The fraction of sp³-hybridized carbons (Fsp3) is 0.625. The first-order chi connectivity index (χ1) is 10.2. The molecule has 22 heavy (non-hydrogen) atoms. The monoisotopic (exact) mass is 325 g/mol. The Kier molecular flexibility index (Phi) is 5.29. The number of ether oxygens (including phenoxy) is 1. The number of hydrogen-bond donors (Lipinski definition) is 0. The molecule has 1 aromatic rings. The van der Waals surface area contributed by atoms with Crippen LogP contribution in [0.15, 0.2) is 18.3 Å². The predicted octanol–water partition coefficient (Wildman–Crippen LogP) is 3.18. The van der Waals surface area contributed by atoms with E-state index in [1.54, 1.807) is 11.1 Å². The highest BCUT2D eigenvalue weighted by atomic mass is 35.5. The molecule has 1 saturated heterocycles. The predicted molar refractivity (Wildman–Crippen MR) is 86.9 cm³/mol. The van der Waals surface area contributed by atoms with E-state index in [0.29, 0.717) is 11.6 Å². The summed E-state index contributed by atoms with van der Waals surface area (Å²) in [5, 5.41) is 0.645. The molecular formula is C16H24ClN3O2. The molecule has 1 aliphatic heterocycles. The lowest BCUT2D eigenvalue weighted by Gasteiger charge is -2.40. The zero-order chi connectivity index (χ0) is 16.3. The molecule has 2 rings (SSSR count). The quantitative estimate of drug-likeness (QED) is 0.838. The van der Waals surface area contributed by atoms with Gasteiger partial charge in [0.2, 0.25) is 0 Å². The van der Waals surface area contributed by atoms with Gasteiger partial charge in [-0.1, -0.05) is 11.6 Å². The third-order valence-electron chi connectivity index (χ3n) is 3.51. The van der Waals surface area contributed by atoms with Crippen LogP contribution < -0.4 is 0 Å². The van der Waals surface area contributed by atoms with Crippen molar-refractivity contribution in [2.45, 2.75) is 45.9 Å². The Morgan fingerprint density at radius 1 is 1.41 bits per heavy atom. The molecule has 1 unspecified atom stereocenters. The van der Waals surface area contributed by atoms with Gasteiger partial charge in [-0.2, -0.15) is 0 Å². The van der Waals surface area contributed by atoms with Gasteiger partial charge in [-0.05, 0) is 39.8 Å². The van der Waals surface area contributed by atoms with Crippen molar-refractivity contribution >= 4 is 17.7 Å². The van der Waals surface area contributed by atoms with Crippen LogP contribution in [0.3, 0.4) is 0 Å². The molecule has 1 fully saturated rings. The van der Waals surface area contributed by atoms with E-state index in [1.807, 2.05) is 39.8 Å². The van der Waals surface area contributed by atoms with Crippen molar-refractivity contribution in [3.8, 4) is 0 Å². The Balaban J connectivity index is 1.89. The second-order valence-corrected chi connectivity index (χ2v) is 7.16. The van der Waals surface area contributed by atoms with Crippen molar-refractivity contribution < 1.29 is 9.53 Å². The van der Waals surface area contributed by atoms with E-state index in [2.05, 4.69) is 9.88 Å². The van der Waals surface area contributed by atoms with Gasteiger partial charge in [0, 0.05) is 38.4 Å². The number of carbonyl (C=O) groups is 1. The minimum absolute atomic E-state index is 0.121. The molecule has 0 radical (unpaired) electrons. The lowest BCUT2D eigenvalue weighted by Crippen LogP contribution is -2.54. The number of pyridine rings is 1. The lowest BCUT2D eigenvalue weighted by molar-refractivity contribution is 0.000439. The van der Waals surface area contributed by atoms with Gasteiger partial charge in [0.25, 0.3) is 0 Å². The van der Waals surface area contributed by atoms with Gasteiger partial charge in [-0.3, -0.25) is 9.88 Å². The first-order valence-corrected chi connectivity index (χ1v) is 7.95. The average Bonchev–Trinajstić information content (AvgIpc) is 2.39. The molecule has 0 spiro atoms. The fourth-order valence-electron chi connectivity index (χ4n) is 2.50. The third-order valence-corrected chi connectivity index (χ3v) is 3.74. The summed E-state index contributed by atoms with van der Waals surface area (Å²) in [6.45, 7) is 10.8. The maximum Gasteiger partial charge on any atom is 0.410 e. The largest absolute Gasteiger partial charge is 0.444 e. The van der Waals surface area contributed by atoms with Crippen molar-refractivity contribution in [2.24, 2.45) is 0 Å². The molecule has 122 valence electrons. The highest BCUT2D eigenvalue weighted by Gasteiger charge is 2.30. The molecule has 0 aliphatic carbocycles. The summed E-state index contributed by atoms with van der Waals surface area (Å²) in [6.07, 6.45) is 1.43. The van der Waals surface area contributed by atoms with Gasteiger partial charge in [-0.25, -0.2) is 4.79 Å². The Labute approximate surface area is 137 Å². The van der Waals surface area contributed by atoms with E-state index in [9.17, 15) is 4.79 Å². The molecule has 0 bridgehead atoms. The number of hydrogen-bond acceptors (Lipinski definition) is 4. The molecule has 0 N–H and O–H groups in total. The molecule has 6 heteroatoms. The second kappa shape index (κ2) is 6.84. The number of halogens is 1. The Hall–Kier alpha value is -1.33. The molecule has 5 nitrogen and oxygen atoms in total. The number of amides is 1. The first kappa shape index (κ1) is 17.0. The summed E-state index contributed by atoms with van der Waals surface area (Å²) in [4.78, 5) is 20.6.